The van der Waals surface area contributed by atoms with Crippen LogP contribution in [-0.4, -0.2) is 4.98 Å². The highest BCUT2D eigenvalue weighted by Crippen LogP contribution is 2.27. The highest BCUT2D eigenvalue weighted by atomic mass is 35.5. The molecule has 0 spiro atoms. The molecule has 0 fully saturated rings. The van der Waals surface area contributed by atoms with Crippen LogP contribution in [0.5, 0.6) is 0 Å². The molecule has 2 aromatic rings. The zero-order valence-electron chi connectivity index (χ0n) is 7.40. The molecule has 4 heteroatoms. The number of H-pyrrole nitrogens is 1. The number of aryl methyl sites for hydroxylation is 1. The Morgan fingerprint density at radius 3 is 2.86 bits per heavy atom. The van der Waals surface area contributed by atoms with E-state index in [1.165, 1.54) is 6.07 Å². The molecule has 2 rings (SSSR count). The van der Waals surface area contributed by atoms with Gasteiger partial charge in [0.25, 0.3) is 0 Å². The third-order valence-corrected chi connectivity index (χ3v) is 3.02. The van der Waals surface area contributed by atoms with E-state index in [0.29, 0.717) is 9.90 Å². The molecule has 0 atom stereocenters. The molecule has 0 amide bonds. The van der Waals surface area contributed by atoms with Gasteiger partial charge in [-0.2, -0.15) is 0 Å². The van der Waals surface area contributed by atoms with Crippen LogP contribution in [0.15, 0.2) is 18.3 Å². The second kappa shape index (κ2) is 3.33. The van der Waals surface area contributed by atoms with Crippen LogP contribution >= 0.6 is 23.8 Å². The maximum atomic E-state index is 13.2. The Balaban J connectivity index is 3.06. The third kappa shape index (κ3) is 1.33. The molecule has 0 bridgehead atoms. The van der Waals surface area contributed by atoms with Gasteiger partial charge in [0.2, 0.25) is 0 Å². The van der Waals surface area contributed by atoms with Gasteiger partial charge in [0.1, 0.15) is 5.82 Å². The van der Waals surface area contributed by atoms with E-state index in [9.17, 15) is 4.39 Å². The molecule has 0 unspecified atom stereocenters. The van der Waals surface area contributed by atoms with E-state index in [2.05, 4.69) is 4.98 Å². The van der Waals surface area contributed by atoms with E-state index in [0.717, 1.165) is 11.1 Å². The van der Waals surface area contributed by atoms with Gasteiger partial charge in [0.15, 0.2) is 0 Å². The number of aromatic amines is 1. The van der Waals surface area contributed by atoms with Gasteiger partial charge in [0, 0.05) is 17.1 Å². The number of halogens is 2. The molecule has 1 heterocycles. The van der Waals surface area contributed by atoms with E-state index in [-0.39, 0.29) is 5.02 Å². The smallest absolute Gasteiger partial charge is 0.142 e. The Hall–Kier alpha value is -0.930. The molecule has 0 aliphatic carbocycles. The first-order valence-electron chi connectivity index (χ1n) is 4.07. The van der Waals surface area contributed by atoms with Crippen molar-refractivity contribution in [3.63, 3.8) is 0 Å². The second-order valence-corrected chi connectivity index (χ2v) is 3.87. The number of pyridine rings is 1. The zero-order chi connectivity index (χ0) is 10.3. The van der Waals surface area contributed by atoms with Crippen LogP contribution in [0.1, 0.15) is 5.56 Å². The summed E-state index contributed by atoms with van der Waals surface area (Å²) in [6.07, 6.45) is 1.79. The molecule has 1 aromatic carbocycles. The molecular formula is C10H7ClFNS. The van der Waals surface area contributed by atoms with Crippen molar-refractivity contribution in [1.29, 1.82) is 0 Å². The lowest BCUT2D eigenvalue weighted by atomic mass is 10.2. The Kier molecular flexibility index (Phi) is 2.29. The lowest BCUT2D eigenvalue weighted by Gasteiger charge is -2.03. The Morgan fingerprint density at radius 2 is 2.14 bits per heavy atom. The Bertz CT molecular complexity index is 557. The number of nitrogens with one attached hydrogen (secondary N) is 1. The monoisotopic (exact) mass is 227 g/mol. The maximum absolute atomic E-state index is 13.2. The molecule has 14 heavy (non-hydrogen) atoms. The fourth-order valence-electron chi connectivity index (χ4n) is 1.34. The molecule has 72 valence electrons. The number of benzene rings is 1. The average Bonchev–Trinajstić information content (AvgIpc) is 2.17. The topological polar surface area (TPSA) is 15.8 Å². The predicted molar refractivity (Wildman–Crippen MR) is 58.8 cm³/mol. The van der Waals surface area contributed by atoms with Gasteiger partial charge in [-0.3, -0.25) is 0 Å². The summed E-state index contributed by atoms with van der Waals surface area (Å²) in [6.45, 7) is 1.86. The molecule has 1 N–H and O–H groups in total. The lowest BCUT2D eigenvalue weighted by Crippen LogP contribution is -1.87. The summed E-state index contributed by atoms with van der Waals surface area (Å²) in [6, 6.07) is 2.96. The van der Waals surface area contributed by atoms with E-state index < -0.39 is 5.82 Å². The summed E-state index contributed by atoms with van der Waals surface area (Å²) in [5.41, 5.74) is 1.65. The minimum atomic E-state index is -0.440. The molecule has 0 aliphatic heterocycles. The summed E-state index contributed by atoms with van der Waals surface area (Å²) in [4.78, 5) is 3.01. The Morgan fingerprint density at radius 1 is 1.43 bits per heavy atom. The number of hydrogen-bond acceptors (Lipinski definition) is 1. The van der Waals surface area contributed by atoms with Crippen molar-refractivity contribution in [3.8, 4) is 0 Å². The molecule has 0 saturated heterocycles. The molecule has 0 radical (unpaired) electrons. The van der Waals surface area contributed by atoms with Crippen molar-refractivity contribution in [2.24, 2.45) is 0 Å². The fourth-order valence-corrected chi connectivity index (χ4v) is 1.93. The summed E-state index contributed by atoms with van der Waals surface area (Å²) < 4.78 is 13.8. The molecule has 0 aliphatic rings. The number of fused-ring (bicyclic) bond motifs is 1. The van der Waals surface area contributed by atoms with Crippen LogP contribution in [0.2, 0.25) is 5.02 Å². The number of aromatic nitrogens is 1. The standard InChI is InChI=1S/C10H7ClFNS/c1-5-4-13-7-3-2-6(12)9(11)8(7)10(5)14/h2-4H,1H3,(H,13,14). The van der Waals surface area contributed by atoms with E-state index >= 15 is 0 Å². The van der Waals surface area contributed by atoms with E-state index in [4.69, 9.17) is 23.8 Å². The van der Waals surface area contributed by atoms with E-state index in [1.54, 1.807) is 12.3 Å². The zero-order valence-corrected chi connectivity index (χ0v) is 8.97. The normalized spacial score (nSPS) is 10.8. The summed E-state index contributed by atoms with van der Waals surface area (Å²) in [5.74, 6) is -0.440. The van der Waals surface area contributed by atoms with Crippen LogP contribution in [0.3, 0.4) is 0 Å². The molecule has 1 aromatic heterocycles. The lowest BCUT2D eigenvalue weighted by molar-refractivity contribution is 0.630. The molecule has 0 saturated carbocycles. The van der Waals surface area contributed by atoms with Gasteiger partial charge >= 0.3 is 0 Å². The number of rotatable bonds is 0. The highest BCUT2D eigenvalue weighted by molar-refractivity contribution is 7.71. The van der Waals surface area contributed by atoms with Gasteiger partial charge in [0.05, 0.1) is 9.53 Å². The van der Waals surface area contributed by atoms with Crippen LogP contribution in [0.25, 0.3) is 10.9 Å². The first-order valence-corrected chi connectivity index (χ1v) is 4.86. The minimum absolute atomic E-state index is 0.0902. The molecule has 1 nitrogen and oxygen atoms in total. The average molecular weight is 228 g/mol. The van der Waals surface area contributed by atoms with Crippen molar-refractivity contribution < 1.29 is 4.39 Å². The second-order valence-electron chi connectivity index (χ2n) is 3.08. The van der Waals surface area contributed by atoms with Gasteiger partial charge < -0.3 is 4.98 Å². The van der Waals surface area contributed by atoms with Crippen molar-refractivity contribution in [3.05, 3.63) is 39.2 Å². The van der Waals surface area contributed by atoms with Crippen molar-refractivity contribution in [2.45, 2.75) is 6.92 Å². The quantitative estimate of drug-likeness (QED) is 0.673. The summed E-state index contributed by atoms with van der Waals surface area (Å²) in [7, 11) is 0. The molecular weight excluding hydrogens is 221 g/mol. The summed E-state index contributed by atoms with van der Waals surface area (Å²) >= 11 is 11.0. The highest BCUT2D eigenvalue weighted by Gasteiger charge is 2.07. The van der Waals surface area contributed by atoms with Crippen LogP contribution < -0.4 is 0 Å². The van der Waals surface area contributed by atoms with Crippen molar-refractivity contribution in [1.82, 2.24) is 4.98 Å². The SMILES string of the molecule is Cc1c[nH]c2ccc(F)c(Cl)c2c1=S. The fraction of sp³-hybridized carbons (Fsp3) is 0.100. The summed E-state index contributed by atoms with van der Waals surface area (Å²) in [5, 5.41) is 0.675. The maximum Gasteiger partial charge on any atom is 0.142 e. The third-order valence-electron chi connectivity index (χ3n) is 2.12. The first-order chi connectivity index (χ1) is 6.61. The van der Waals surface area contributed by atoms with Gasteiger partial charge in [-0.1, -0.05) is 23.8 Å². The predicted octanol–water partition coefficient (Wildman–Crippen LogP) is 4.00. The Labute approximate surface area is 90.5 Å². The van der Waals surface area contributed by atoms with Gasteiger partial charge in [-0.25, -0.2) is 4.39 Å². The van der Waals surface area contributed by atoms with Crippen molar-refractivity contribution in [2.75, 3.05) is 0 Å². The van der Waals surface area contributed by atoms with Crippen LogP contribution in [0.4, 0.5) is 4.39 Å². The largest absolute Gasteiger partial charge is 0.361 e. The number of hydrogen-bond donors (Lipinski definition) is 1. The van der Waals surface area contributed by atoms with Gasteiger partial charge in [-0.15, -0.1) is 0 Å². The minimum Gasteiger partial charge on any atom is -0.361 e. The van der Waals surface area contributed by atoms with E-state index in [1.807, 2.05) is 6.92 Å². The van der Waals surface area contributed by atoms with Crippen LogP contribution in [0, 0.1) is 17.3 Å². The van der Waals surface area contributed by atoms with Crippen LogP contribution in [-0.2, 0) is 0 Å². The van der Waals surface area contributed by atoms with Crippen molar-refractivity contribution >= 4 is 34.7 Å². The first kappa shape index (κ1) is 9.62. The van der Waals surface area contributed by atoms with Gasteiger partial charge in [-0.05, 0) is 24.6 Å².